The summed E-state index contributed by atoms with van der Waals surface area (Å²) in [6.07, 6.45) is 0. The SMILES string of the molecule is COc1ccc(C(=O)Nc2ccc(F)cc2Br)cc1N. The van der Waals surface area contributed by atoms with Gasteiger partial charge in [0.05, 0.1) is 18.5 Å². The molecule has 0 fully saturated rings. The molecule has 104 valence electrons. The van der Waals surface area contributed by atoms with Gasteiger partial charge in [0.1, 0.15) is 11.6 Å². The number of hydrogen-bond acceptors (Lipinski definition) is 3. The molecule has 0 aliphatic rings. The van der Waals surface area contributed by atoms with E-state index >= 15 is 0 Å². The number of hydrogen-bond donors (Lipinski definition) is 2. The number of ether oxygens (including phenoxy) is 1. The molecule has 20 heavy (non-hydrogen) atoms. The van der Waals surface area contributed by atoms with Crippen LogP contribution < -0.4 is 15.8 Å². The van der Waals surface area contributed by atoms with Crippen molar-refractivity contribution in [1.29, 1.82) is 0 Å². The van der Waals surface area contributed by atoms with E-state index in [4.69, 9.17) is 10.5 Å². The largest absolute Gasteiger partial charge is 0.495 e. The molecule has 1 amide bonds. The highest BCUT2D eigenvalue weighted by molar-refractivity contribution is 9.10. The molecule has 0 saturated heterocycles. The monoisotopic (exact) mass is 338 g/mol. The van der Waals surface area contributed by atoms with Crippen LogP contribution in [0, 0.1) is 5.82 Å². The third-order valence-corrected chi connectivity index (χ3v) is 3.33. The molecule has 6 heteroatoms. The van der Waals surface area contributed by atoms with Crippen LogP contribution in [0.15, 0.2) is 40.9 Å². The van der Waals surface area contributed by atoms with E-state index in [-0.39, 0.29) is 11.7 Å². The first-order valence-electron chi connectivity index (χ1n) is 5.71. The lowest BCUT2D eigenvalue weighted by Crippen LogP contribution is -2.12. The highest BCUT2D eigenvalue weighted by atomic mass is 79.9. The van der Waals surface area contributed by atoms with Crippen LogP contribution >= 0.6 is 15.9 Å². The first-order valence-corrected chi connectivity index (χ1v) is 6.50. The normalized spacial score (nSPS) is 10.2. The van der Waals surface area contributed by atoms with Gasteiger partial charge in [0, 0.05) is 10.0 Å². The molecule has 2 rings (SSSR count). The van der Waals surface area contributed by atoms with Gasteiger partial charge in [-0.3, -0.25) is 4.79 Å². The second-order valence-electron chi connectivity index (χ2n) is 4.04. The zero-order valence-corrected chi connectivity index (χ0v) is 12.2. The number of anilines is 2. The van der Waals surface area contributed by atoms with Gasteiger partial charge in [-0.05, 0) is 52.3 Å². The summed E-state index contributed by atoms with van der Waals surface area (Å²) in [6.45, 7) is 0. The van der Waals surface area contributed by atoms with Crippen LogP contribution in [0.5, 0.6) is 5.75 Å². The van der Waals surface area contributed by atoms with Crippen molar-refractivity contribution in [2.45, 2.75) is 0 Å². The standard InChI is InChI=1S/C14H12BrFN2O2/c1-20-13-5-2-8(6-11(13)17)14(19)18-12-4-3-9(16)7-10(12)15/h2-7H,17H2,1H3,(H,18,19). The van der Waals surface area contributed by atoms with Crippen LogP contribution in [0.25, 0.3) is 0 Å². The smallest absolute Gasteiger partial charge is 0.255 e. The molecule has 0 spiro atoms. The van der Waals surface area contributed by atoms with Crippen molar-refractivity contribution in [2.75, 3.05) is 18.2 Å². The van der Waals surface area contributed by atoms with Gasteiger partial charge in [-0.2, -0.15) is 0 Å². The topological polar surface area (TPSA) is 64.3 Å². The lowest BCUT2D eigenvalue weighted by molar-refractivity contribution is 0.102. The Bertz CT molecular complexity index is 662. The summed E-state index contributed by atoms with van der Waals surface area (Å²) in [6, 6.07) is 8.75. The zero-order valence-electron chi connectivity index (χ0n) is 10.6. The molecule has 2 aromatic rings. The number of amides is 1. The summed E-state index contributed by atoms with van der Waals surface area (Å²) in [7, 11) is 1.50. The number of halogens is 2. The summed E-state index contributed by atoms with van der Waals surface area (Å²) >= 11 is 3.19. The second kappa shape index (κ2) is 5.92. The fraction of sp³-hybridized carbons (Fsp3) is 0.0714. The molecule has 3 N–H and O–H groups in total. The third-order valence-electron chi connectivity index (χ3n) is 2.67. The first kappa shape index (κ1) is 14.3. The van der Waals surface area contributed by atoms with Gasteiger partial charge < -0.3 is 15.8 Å². The van der Waals surface area contributed by atoms with E-state index in [1.165, 1.54) is 31.4 Å². The van der Waals surface area contributed by atoms with E-state index in [0.29, 0.717) is 27.2 Å². The molecular weight excluding hydrogens is 327 g/mol. The average Bonchev–Trinajstić information content (AvgIpc) is 2.41. The predicted octanol–water partition coefficient (Wildman–Crippen LogP) is 3.43. The number of carbonyl (C=O) groups excluding carboxylic acids is 1. The molecule has 0 aliphatic heterocycles. The molecule has 4 nitrogen and oxygen atoms in total. The van der Waals surface area contributed by atoms with Gasteiger partial charge >= 0.3 is 0 Å². The van der Waals surface area contributed by atoms with Crippen LogP contribution in [-0.4, -0.2) is 13.0 Å². The van der Waals surface area contributed by atoms with Gasteiger partial charge in [-0.25, -0.2) is 4.39 Å². The Kier molecular flexibility index (Phi) is 4.24. The fourth-order valence-electron chi connectivity index (χ4n) is 1.66. The van der Waals surface area contributed by atoms with E-state index in [2.05, 4.69) is 21.2 Å². The Morgan fingerprint density at radius 2 is 2.05 bits per heavy atom. The van der Waals surface area contributed by atoms with Crippen LogP contribution in [-0.2, 0) is 0 Å². The Hall–Kier alpha value is -2.08. The minimum absolute atomic E-state index is 0.341. The van der Waals surface area contributed by atoms with Gasteiger partial charge in [0.2, 0.25) is 0 Å². The first-order chi connectivity index (χ1) is 9.51. The Labute approximate surface area is 123 Å². The maximum absolute atomic E-state index is 13.0. The lowest BCUT2D eigenvalue weighted by atomic mass is 10.1. The third kappa shape index (κ3) is 3.08. The van der Waals surface area contributed by atoms with Crippen molar-refractivity contribution in [3.05, 3.63) is 52.3 Å². The van der Waals surface area contributed by atoms with Gasteiger partial charge in [0.25, 0.3) is 5.91 Å². The van der Waals surface area contributed by atoms with Crippen molar-refractivity contribution in [3.8, 4) is 5.75 Å². The highest BCUT2D eigenvalue weighted by Crippen LogP contribution is 2.25. The number of nitrogens with two attached hydrogens (primary N) is 1. The molecule has 0 aromatic heterocycles. The summed E-state index contributed by atoms with van der Waals surface area (Å²) in [5, 5.41) is 2.67. The summed E-state index contributed by atoms with van der Waals surface area (Å²) < 4.78 is 18.5. The van der Waals surface area contributed by atoms with E-state index < -0.39 is 0 Å². The number of nitrogen functional groups attached to an aromatic ring is 1. The molecule has 0 radical (unpaired) electrons. The predicted molar refractivity (Wildman–Crippen MR) is 79.5 cm³/mol. The Morgan fingerprint density at radius 1 is 1.30 bits per heavy atom. The van der Waals surface area contributed by atoms with E-state index in [9.17, 15) is 9.18 Å². The number of nitrogens with one attached hydrogen (secondary N) is 1. The molecular formula is C14H12BrFN2O2. The fourth-order valence-corrected chi connectivity index (χ4v) is 2.11. The summed E-state index contributed by atoms with van der Waals surface area (Å²) in [4.78, 5) is 12.1. The number of carbonyl (C=O) groups is 1. The lowest BCUT2D eigenvalue weighted by Gasteiger charge is -2.09. The maximum atomic E-state index is 13.0. The maximum Gasteiger partial charge on any atom is 0.255 e. The van der Waals surface area contributed by atoms with Crippen molar-refractivity contribution in [2.24, 2.45) is 0 Å². The number of rotatable bonds is 3. The van der Waals surface area contributed by atoms with Crippen molar-refractivity contribution in [3.63, 3.8) is 0 Å². The minimum Gasteiger partial charge on any atom is -0.495 e. The van der Waals surface area contributed by atoms with E-state index in [1.54, 1.807) is 12.1 Å². The summed E-state index contributed by atoms with van der Waals surface area (Å²) in [5.41, 5.74) is 6.99. The molecule has 2 aromatic carbocycles. The van der Waals surface area contributed by atoms with Crippen LogP contribution in [0.3, 0.4) is 0 Å². The van der Waals surface area contributed by atoms with E-state index in [0.717, 1.165) is 0 Å². The molecule has 0 atom stereocenters. The minimum atomic E-state index is -0.386. The van der Waals surface area contributed by atoms with Crippen molar-refractivity contribution < 1.29 is 13.9 Å². The summed E-state index contributed by atoms with van der Waals surface area (Å²) in [5.74, 6) is -0.222. The highest BCUT2D eigenvalue weighted by Gasteiger charge is 2.11. The molecule has 0 aliphatic carbocycles. The zero-order chi connectivity index (χ0) is 14.7. The van der Waals surface area contributed by atoms with Gasteiger partial charge in [-0.1, -0.05) is 0 Å². The van der Waals surface area contributed by atoms with Crippen molar-refractivity contribution in [1.82, 2.24) is 0 Å². The Morgan fingerprint density at radius 3 is 2.65 bits per heavy atom. The van der Waals surface area contributed by atoms with Crippen LogP contribution in [0.1, 0.15) is 10.4 Å². The molecule has 0 heterocycles. The van der Waals surface area contributed by atoms with Gasteiger partial charge in [-0.15, -0.1) is 0 Å². The molecule has 0 saturated carbocycles. The number of methoxy groups -OCH3 is 1. The van der Waals surface area contributed by atoms with Crippen LogP contribution in [0.2, 0.25) is 0 Å². The molecule has 0 bridgehead atoms. The molecule has 0 unspecified atom stereocenters. The van der Waals surface area contributed by atoms with E-state index in [1.807, 2.05) is 0 Å². The quantitative estimate of drug-likeness (QED) is 0.842. The number of benzene rings is 2. The van der Waals surface area contributed by atoms with Gasteiger partial charge in [0.15, 0.2) is 0 Å². The van der Waals surface area contributed by atoms with Crippen molar-refractivity contribution >= 4 is 33.2 Å². The van der Waals surface area contributed by atoms with Crippen LogP contribution in [0.4, 0.5) is 15.8 Å². The second-order valence-corrected chi connectivity index (χ2v) is 4.89. The average molecular weight is 339 g/mol. The Balaban J connectivity index is 2.21.